The van der Waals surface area contributed by atoms with E-state index in [9.17, 15) is 9.90 Å². The monoisotopic (exact) mass is 410 g/mol. The van der Waals surface area contributed by atoms with Gasteiger partial charge in [-0.2, -0.15) is 0 Å². The van der Waals surface area contributed by atoms with Gasteiger partial charge < -0.3 is 14.6 Å². The number of amides is 1. The van der Waals surface area contributed by atoms with E-state index >= 15 is 0 Å². The Labute approximate surface area is 178 Å². The smallest absolute Gasteiger partial charge is 0.412 e. The zero-order valence-electron chi connectivity index (χ0n) is 18.1. The summed E-state index contributed by atoms with van der Waals surface area (Å²) in [5, 5.41) is 9.91. The van der Waals surface area contributed by atoms with Crippen molar-refractivity contribution in [3.63, 3.8) is 0 Å². The molecule has 0 spiro atoms. The molecule has 0 aliphatic carbocycles. The van der Waals surface area contributed by atoms with E-state index in [0.29, 0.717) is 11.4 Å². The summed E-state index contributed by atoms with van der Waals surface area (Å²) in [5.41, 5.74) is 3.60. The third kappa shape index (κ3) is 5.13. The Balaban J connectivity index is 2.02. The summed E-state index contributed by atoms with van der Waals surface area (Å²) in [5.74, 6) is 1.49. The molecule has 0 unspecified atom stereocenters. The van der Waals surface area contributed by atoms with Crippen LogP contribution in [0.2, 0.25) is 0 Å². The van der Waals surface area contributed by atoms with Crippen LogP contribution in [0.25, 0.3) is 5.57 Å². The molecule has 0 fully saturated rings. The quantitative estimate of drug-likeness (QED) is 0.707. The van der Waals surface area contributed by atoms with Gasteiger partial charge in [0.15, 0.2) is 0 Å². The zero-order chi connectivity index (χ0) is 21.7. The Hall–Kier alpha value is -2.99. The molecule has 6 heteroatoms. The predicted molar refractivity (Wildman–Crippen MR) is 119 cm³/mol. The van der Waals surface area contributed by atoms with E-state index < -0.39 is 6.09 Å². The molecule has 0 bridgehead atoms. The fourth-order valence-corrected chi connectivity index (χ4v) is 3.65. The predicted octanol–water partition coefficient (Wildman–Crippen LogP) is 4.85. The molecule has 6 nitrogen and oxygen atoms in total. The van der Waals surface area contributed by atoms with E-state index in [1.54, 1.807) is 7.11 Å². The fraction of sp³-hybridized carbons (Fsp3) is 0.375. The maximum Gasteiger partial charge on any atom is 0.412 e. The second-order valence-electron chi connectivity index (χ2n) is 7.80. The Kier molecular flexibility index (Phi) is 7.00. The number of nitrogens with zero attached hydrogens (tertiary/aromatic N) is 2. The summed E-state index contributed by atoms with van der Waals surface area (Å²) in [6, 6.07) is 15.3. The Morgan fingerprint density at radius 3 is 2.57 bits per heavy atom. The van der Waals surface area contributed by atoms with Crippen molar-refractivity contribution in [2.45, 2.75) is 32.9 Å². The zero-order valence-corrected chi connectivity index (χ0v) is 18.1. The molecule has 1 heterocycles. The molecule has 1 aliphatic rings. The normalized spacial score (nSPS) is 14.7. The van der Waals surface area contributed by atoms with E-state index in [0.717, 1.165) is 42.0 Å². The molecule has 2 aromatic carbocycles. The highest BCUT2D eigenvalue weighted by Gasteiger charge is 2.23. The molecule has 160 valence electrons. The number of hydrogen-bond donors (Lipinski definition) is 1. The number of carbonyl (C=O) groups is 1. The number of methoxy groups -OCH3 is 1. The SMILES string of the molecule is COC1=C(c2ccc(N(Cc3ccccc3)C(=O)O)c(OC(C)C)c2)CCN(C)C1. The first-order valence-electron chi connectivity index (χ1n) is 10.2. The number of likely N-dealkylation sites (N-methyl/N-ethyl adjacent to an activating group) is 1. The molecule has 1 amide bonds. The summed E-state index contributed by atoms with van der Waals surface area (Å²) in [7, 11) is 3.76. The third-order valence-corrected chi connectivity index (χ3v) is 5.12. The highest BCUT2D eigenvalue weighted by atomic mass is 16.5. The van der Waals surface area contributed by atoms with Crippen LogP contribution in [0.3, 0.4) is 0 Å². The lowest BCUT2D eigenvalue weighted by Crippen LogP contribution is -2.30. The molecule has 2 aromatic rings. The number of benzene rings is 2. The lowest BCUT2D eigenvalue weighted by Gasteiger charge is -2.28. The number of hydrogen-bond acceptors (Lipinski definition) is 4. The van der Waals surface area contributed by atoms with Crippen LogP contribution in [0.4, 0.5) is 10.5 Å². The van der Waals surface area contributed by atoms with Crippen molar-refractivity contribution < 1.29 is 19.4 Å². The van der Waals surface area contributed by atoms with Crippen molar-refractivity contribution in [1.82, 2.24) is 4.90 Å². The van der Waals surface area contributed by atoms with Gasteiger partial charge in [-0.05, 0) is 56.1 Å². The van der Waals surface area contributed by atoms with E-state index in [4.69, 9.17) is 9.47 Å². The molecule has 0 saturated heterocycles. The van der Waals surface area contributed by atoms with Crippen molar-refractivity contribution in [3.05, 3.63) is 65.4 Å². The van der Waals surface area contributed by atoms with Gasteiger partial charge in [-0.3, -0.25) is 9.80 Å². The highest BCUT2D eigenvalue weighted by Crippen LogP contribution is 2.36. The van der Waals surface area contributed by atoms with E-state index in [1.807, 2.05) is 62.4 Å². The molecule has 3 rings (SSSR count). The van der Waals surface area contributed by atoms with Crippen LogP contribution in [0.5, 0.6) is 5.75 Å². The van der Waals surface area contributed by atoms with Crippen LogP contribution < -0.4 is 9.64 Å². The number of rotatable bonds is 7. The second kappa shape index (κ2) is 9.67. The topological polar surface area (TPSA) is 62.2 Å². The van der Waals surface area contributed by atoms with E-state index in [-0.39, 0.29) is 12.6 Å². The average molecular weight is 411 g/mol. The van der Waals surface area contributed by atoms with Crippen molar-refractivity contribution in [1.29, 1.82) is 0 Å². The second-order valence-corrected chi connectivity index (χ2v) is 7.80. The molecule has 0 atom stereocenters. The van der Waals surface area contributed by atoms with Crippen LogP contribution in [0, 0.1) is 0 Å². The Bertz CT molecular complexity index is 909. The van der Waals surface area contributed by atoms with Gasteiger partial charge >= 0.3 is 6.09 Å². The summed E-state index contributed by atoms with van der Waals surface area (Å²) in [4.78, 5) is 15.6. The summed E-state index contributed by atoms with van der Waals surface area (Å²) in [6.07, 6.45) is -0.233. The minimum absolute atomic E-state index is 0.0836. The first-order valence-corrected chi connectivity index (χ1v) is 10.2. The molecule has 0 saturated carbocycles. The van der Waals surface area contributed by atoms with Gasteiger partial charge in [-0.15, -0.1) is 0 Å². The molecule has 1 aliphatic heterocycles. The number of anilines is 1. The van der Waals surface area contributed by atoms with Crippen LogP contribution in [0.1, 0.15) is 31.4 Å². The van der Waals surface area contributed by atoms with Gasteiger partial charge in [-0.25, -0.2) is 4.79 Å². The first-order chi connectivity index (χ1) is 14.4. The van der Waals surface area contributed by atoms with Gasteiger partial charge in [0.1, 0.15) is 11.5 Å². The molecule has 0 radical (unpaired) electrons. The number of ether oxygens (including phenoxy) is 2. The van der Waals surface area contributed by atoms with E-state index in [2.05, 4.69) is 11.9 Å². The first kappa shape index (κ1) is 21.7. The van der Waals surface area contributed by atoms with Crippen molar-refractivity contribution in [2.24, 2.45) is 0 Å². The lowest BCUT2D eigenvalue weighted by atomic mass is 9.97. The molecule has 1 N–H and O–H groups in total. The van der Waals surface area contributed by atoms with Crippen molar-refractivity contribution >= 4 is 17.4 Å². The Morgan fingerprint density at radius 2 is 1.93 bits per heavy atom. The third-order valence-electron chi connectivity index (χ3n) is 5.12. The summed E-state index contributed by atoms with van der Waals surface area (Å²) in [6.45, 7) is 5.83. The van der Waals surface area contributed by atoms with Crippen LogP contribution >= 0.6 is 0 Å². The van der Waals surface area contributed by atoms with Crippen LogP contribution in [-0.4, -0.2) is 49.5 Å². The van der Waals surface area contributed by atoms with Gasteiger partial charge in [-0.1, -0.05) is 36.4 Å². The van der Waals surface area contributed by atoms with Crippen LogP contribution in [0.15, 0.2) is 54.3 Å². The summed E-state index contributed by atoms with van der Waals surface area (Å²) < 4.78 is 11.7. The van der Waals surface area contributed by atoms with Crippen LogP contribution in [-0.2, 0) is 11.3 Å². The minimum Gasteiger partial charge on any atom is -0.499 e. The maximum absolute atomic E-state index is 12.1. The van der Waals surface area contributed by atoms with Gasteiger partial charge in [0, 0.05) is 6.54 Å². The van der Waals surface area contributed by atoms with Crippen molar-refractivity contribution in [3.8, 4) is 5.75 Å². The van der Waals surface area contributed by atoms with Gasteiger partial charge in [0.05, 0.1) is 32.0 Å². The molecular weight excluding hydrogens is 380 g/mol. The van der Waals surface area contributed by atoms with Gasteiger partial charge in [0.25, 0.3) is 0 Å². The lowest BCUT2D eigenvalue weighted by molar-refractivity contribution is 0.200. The maximum atomic E-state index is 12.1. The van der Waals surface area contributed by atoms with Crippen molar-refractivity contribution in [2.75, 3.05) is 32.1 Å². The highest BCUT2D eigenvalue weighted by molar-refractivity contribution is 5.89. The fourth-order valence-electron chi connectivity index (χ4n) is 3.65. The van der Waals surface area contributed by atoms with Gasteiger partial charge in [0.2, 0.25) is 0 Å². The minimum atomic E-state index is -1.02. The average Bonchev–Trinajstić information content (AvgIpc) is 2.72. The standard InChI is InChI=1S/C24H30N2O4/c1-17(2)30-22-14-19(20-12-13-25(3)16-23(20)29-4)10-11-21(22)26(24(27)28)15-18-8-6-5-7-9-18/h5-11,14,17H,12-13,15-16H2,1-4H3,(H,27,28). The summed E-state index contributed by atoms with van der Waals surface area (Å²) >= 11 is 0. The largest absolute Gasteiger partial charge is 0.499 e. The number of carboxylic acid groups (broad SMARTS) is 1. The Morgan fingerprint density at radius 1 is 1.20 bits per heavy atom. The molecular formula is C24H30N2O4. The van der Waals surface area contributed by atoms with E-state index in [1.165, 1.54) is 4.90 Å². The molecule has 30 heavy (non-hydrogen) atoms. The molecule has 0 aromatic heterocycles.